The van der Waals surface area contributed by atoms with Crippen LogP contribution in [-0.2, 0) is 0 Å². The Morgan fingerprint density at radius 2 is 1.71 bits per heavy atom. The van der Waals surface area contributed by atoms with Crippen LogP contribution < -0.4 is 0 Å². The lowest BCUT2D eigenvalue weighted by Gasteiger charge is -2.17. The first kappa shape index (κ1) is 15.6. The summed E-state index contributed by atoms with van der Waals surface area (Å²) in [5.41, 5.74) is 1.12. The Labute approximate surface area is 102 Å². The number of non-ortho nitro benzene ring substituents is 1. The molecule has 1 aromatic carbocycles. The van der Waals surface area contributed by atoms with E-state index in [1.165, 1.54) is 12.1 Å². The number of rotatable bonds is 4. The van der Waals surface area contributed by atoms with E-state index in [-0.39, 0.29) is 24.1 Å². The maximum absolute atomic E-state index is 10.4. The Morgan fingerprint density at radius 3 is 2.06 bits per heavy atom. The van der Waals surface area contributed by atoms with Gasteiger partial charge in [-0.05, 0) is 17.4 Å². The van der Waals surface area contributed by atoms with Gasteiger partial charge < -0.3 is 5.11 Å². The first-order chi connectivity index (χ1) is 8.06. The molecule has 0 aliphatic carbocycles. The molecule has 1 unspecified atom stereocenters. The van der Waals surface area contributed by atoms with E-state index in [4.69, 9.17) is 5.11 Å². The van der Waals surface area contributed by atoms with Crippen molar-refractivity contribution in [3.63, 3.8) is 0 Å². The van der Waals surface area contributed by atoms with Crippen molar-refractivity contribution >= 4 is 5.69 Å². The molecule has 0 radical (unpaired) electrons. The number of aliphatic hydroxyl groups is 1. The van der Waals surface area contributed by atoms with E-state index in [1.54, 1.807) is 12.1 Å². The summed E-state index contributed by atoms with van der Waals surface area (Å²) in [6.45, 7) is 8.08. The van der Waals surface area contributed by atoms with Crippen molar-refractivity contribution < 1.29 is 10.0 Å². The zero-order valence-corrected chi connectivity index (χ0v) is 10.9. The summed E-state index contributed by atoms with van der Waals surface area (Å²) < 4.78 is 0. The highest BCUT2D eigenvalue weighted by molar-refractivity contribution is 5.34. The SMILES string of the molecule is CC.CC(CO)[C@H](C)c1ccc([N+](=O)[O-])cc1. The van der Waals surface area contributed by atoms with Crippen molar-refractivity contribution in [2.45, 2.75) is 33.6 Å². The summed E-state index contributed by atoms with van der Waals surface area (Å²) in [6, 6.07) is 6.48. The van der Waals surface area contributed by atoms with E-state index < -0.39 is 4.92 Å². The standard InChI is InChI=1S/C11H15NO3.C2H6/c1-8(7-13)9(2)10-3-5-11(6-4-10)12(14)15;1-2/h3-6,8-9,13H,7H2,1-2H3;1-2H3/t8?,9-;/m0./s1. The number of benzene rings is 1. The van der Waals surface area contributed by atoms with E-state index >= 15 is 0 Å². The summed E-state index contributed by atoms with van der Waals surface area (Å²) in [7, 11) is 0. The van der Waals surface area contributed by atoms with Gasteiger partial charge in [0.1, 0.15) is 0 Å². The van der Waals surface area contributed by atoms with Crippen LogP contribution in [0, 0.1) is 16.0 Å². The highest BCUT2D eigenvalue weighted by Crippen LogP contribution is 2.25. The molecule has 4 nitrogen and oxygen atoms in total. The quantitative estimate of drug-likeness (QED) is 0.647. The summed E-state index contributed by atoms with van der Waals surface area (Å²) >= 11 is 0. The second-order valence-corrected chi connectivity index (χ2v) is 3.80. The zero-order chi connectivity index (χ0) is 13.4. The predicted molar refractivity (Wildman–Crippen MR) is 69.1 cm³/mol. The van der Waals surface area contributed by atoms with Crippen LogP contribution in [0.3, 0.4) is 0 Å². The molecule has 96 valence electrons. The average Bonchev–Trinajstić information content (AvgIpc) is 2.39. The number of nitro benzene ring substituents is 1. The van der Waals surface area contributed by atoms with Crippen molar-refractivity contribution in [2.24, 2.45) is 5.92 Å². The first-order valence-electron chi connectivity index (χ1n) is 5.91. The number of nitrogens with zero attached hydrogens (tertiary/aromatic N) is 1. The highest BCUT2D eigenvalue weighted by atomic mass is 16.6. The maximum atomic E-state index is 10.4. The van der Waals surface area contributed by atoms with Crippen LogP contribution in [0.25, 0.3) is 0 Å². The molecule has 0 heterocycles. The van der Waals surface area contributed by atoms with E-state index in [0.29, 0.717) is 0 Å². The number of nitro groups is 1. The lowest BCUT2D eigenvalue weighted by atomic mass is 9.89. The van der Waals surface area contributed by atoms with Gasteiger partial charge in [-0.15, -0.1) is 0 Å². The van der Waals surface area contributed by atoms with E-state index in [9.17, 15) is 10.1 Å². The molecular formula is C13H21NO3. The van der Waals surface area contributed by atoms with Crippen molar-refractivity contribution in [3.8, 4) is 0 Å². The Kier molecular flexibility index (Phi) is 7.14. The van der Waals surface area contributed by atoms with Crippen molar-refractivity contribution in [2.75, 3.05) is 6.61 Å². The highest BCUT2D eigenvalue weighted by Gasteiger charge is 2.14. The van der Waals surface area contributed by atoms with Crippen LogP contribution in [0.1, 0.15) is 39.2 Å². The molecule has 1 aromatic rings. The minimum absolute atomic E-state index is 0.0996. The van der Waals surface area contributed by atoms with Crippen molar-refractivity contribution in [1.82, 2.24) is 0 Å². The van der Waals surface area contributed by atoms with Gasteiger partial charge in [0, 0.05) is 18.7 Å². The van der Waals surface area contributed by atoms with Gasteiger partial charge in [0.05, 0.1) is 4.92 Å². The van der Waals surface area contributed by atoms with Crippen LogP contribution in [-0.4, -0.2) is 16.6 Å². The van der Waals surface area contributed by atoms with Gasteiger partial charge in [-0.3, -0.25) is 10.1 Å². The lowest BCUT2D eigenvalue weighted by Crippen LogP contribution is -2.10. The van der Waals surface area contributed by atoms with E-state index in [2.05, 4.69) is 0 Å². The minimum atomic E-state index is -0.413. The fourth-order valence-corrected chi connectivity index (χ4v) is 1.39. The molecular weight excluding hydrogens is 218 g/mol. The van der Waals surface area contributed by atoms with Crippen LogP contribution in [0.4, 0.5) is 5.69 Å². The Bertz CT molecular complexity index is 335. The summed E-state index contributed by atoms with van der Waals surface area (Å²) in [5, 5.41) is 19.4. The van der Waals surface area contributed by atoms with Crippen molar-refractivity contribution in [1.29, 1.82) is 0 Å². The first-order valence-corrected chi connectivity index (χ1v) is 5.91. The number of hydrogen-bond acceptors (Lipinski definition) is 3. The molecule has 0 saturated heterocycles. The molecule has 2 atom stereocenters. The molecule has 0 aliphatic rings. The molecule has 17 heavy (non-hydrogen) atoms. The van der Waals surface area contributed by atoms with Gasteiger partial charge in [-0.1, -0.05) is 39.8 Å². The molecule has 0 aromatic heterocycles. The largest absolute Gasteiger partial charge is 0.396 e. The van der Waals surface area contributed by atoms with E-state index in [0.717, 1.165) is 5.56 Å². The molecule has 1 rings (SSSR count). The van der Waals surface area contributed by atoms with Gasteiger partial charge in [0.25, 0.3) is 5.69 Å². The third kappa shape index (κ3) is 4.53. The molecule has 0 spiro atoms. The van der Waals surface area contributed by atoms with Crippen molar-refractivity contribution in [3.05, 3.63) is 39.9 Å². The van der Waals surface area contributed by atoms with Crippen LogP contribution >= 0.6 is 0 Å². The molecule has 0 amide bonds. The predicted octanol–water partition coefficient (Wildman–Crippen LogP) is 3.35. The second-order valence-electron chi connectivity index (χ2n) is 3.80. The molecule has 0 saturated carbocycles. The topological polar surface area (TPSA) is 63.4 Å². The number of hydrogen-bond donors (Lipinski definition) is 1. The Morgan fingerprint density at radius 1 is 1.24 bits per heavy atom. The minimum Gasteiger partial charge on any atom is -0.396 e. The molecule has 1 N–H and O–H groups in total. The van der Waals surface area contributed by atoms with Gasteiger partial charge in [0.15, 0.2) is 0 Å². The Hall–Kier alpha value is -1.42. The van der Waals surface area contributed by atoms with Gasteiger partial charge in [0.2, 0.25) is 0 Å². The second kappa shape index (κ2) is 7.79. The maximum Gasteiger partial charge on any atom is 0.269 e. The van der Waals surface area contributed by atoms with Crippen LogP contribution in [0.5, 0.6) is 0 Å². The normalized spacial score (nSPS) is 13.2. The fourth-order valence-electron chi connectivity index (χ4n) is 1.39. The molecule has 0 fully saturated rings. The lowest BCUT2D eigenvalue weighted by molar-refractivity contribution is -0.384. The third-order valence-electron chi connectivity index (χ3n) is 2.77. The molecule has 0 aliphatic heterocycles. The third-order valence-corrected chi connectivity index (χ3v) is 2.77. The smallest absolute Gasteiger partial charge is 0.269 e. The Balaban J connectivity index is 0.00000121. The van der Waals surface area contributed by atoms with Gasteiger partial charge >= 0.3 is 0 Å². The van der Waals surface area contributed by atoms with Gasteiger partial charge in [-0.2, -0.15) is 0 Å². The zero-order valence-electron chi connectivity index (χ0n) is 10.9. The molecule has 0 bridgehead atoms. The molecule has 4 heteroatoms. The van der Waals surface area contributed by atoms with E-state index in [1.807, 2.05) is 27.7 Å². The van der Waals surface area contributed by atoms with Gasteiger partial charge in [-0.25, -0.2) is 0 Å². The fraction of sp³-hybridized carbons (Fsp3) is 0.538. The summed E-state index contributed by atoms with van der Waals surface area (Å²) in [6.07, 6.45) is 0. The monoisotopic (exact) mass is 239 g/mol. The van der Waals surface area contributed by atoms with Crippen LogP contribution in [0.2, 0.25) is 0 Å². The average molecular weight is 239 g/mol. The summed E-state index contributed by atoms with van der Waals surface area (Å²) in [4.78, 5) is 10.0. The van der Waals surface area contributed by atoms with Crippen LogP contribution in [0.15, 0.2) is 24.3 Å². The summed E-state index contributed by atoms with van der Waals surface area (Å²) in [5.74, 6) is 0.363. The number of aliphatic hydroxyl groups excluding tert-OH is 1.